The fourth-order valence-corrected chi connectivity index (χ4v) is 3.72. The van der Waals surface area contributed by atoms with E-state index in [2.05, 4.69) is 64.3 Å². The first-order valence-corrected chi connectivity index (χ1v) is 8.71. The molecule has 1 N–H and O–H groups in total. The molecule has 0 amide bonds. The molecule has 0 fully saturated rings. The Bertz CT molecular complexity index is 595. The molecule has 1 heterocycles. The molecule has 1 aromatic carbocycles. The summed E-state index contributed by atoms with van der Waals surface area (Å²) in [6, 6.07) is 8.68. The van der Waals surface area contributed by atoms with Crippen LogP contribution in [0.1, 0.15) is 79.7 Å². The van der Waals surface area contributed by atoms with Crippen molar-refractivity contribution in [3.8, 4) is 0 Å². The van der Waals surface area contributed by atoms with E-state index in [1.165, 1.54) is 16.7 Å². The van der Waals surface area contributed by atoms with Crippen LogP contribution in [0.5, 0.6) is 0 Å². The molecule has 2 aromatic rings. The zero-order valence-electron chi connectivity index (χ0n) is 13.7. The minimum atomic E-state index is -0.501. The number of hydrogen-bond acceptors (Lipinski definition) is 2. The first-order chi connectivity index (χ1) is 9.95. The summed E-state index contributed by atoms with van der Waals surface area (Å²) in [5.74, 6) is 0.931. The minimum absolute atomic E-state index is 0.415. The maximum atomic E-state index is 10.9. The lowest BCUT2D eigenvalue weighted by Crippen LogP contribution is -2.06. The molecule has 0 spiro atoms. The second kappa shape index (κ2) is 6.76. The molecule has 0 aliphatic carbocycles. The average Bonchev–Trinajstić information content (AvgIpc) is 2.94. The Balaban J connectivity index is 2.47. The Morgan fingerprint density at radius 3 is 2.29 bits per heavy atom. The van der Waals surface area contributed by atoms with Gasteiger partial charge in [0.15, 0.2) is 0 Å². The standard InChI is InChI=1S/C19H26OS/c1-6-14-9-10-21-19(14)18(20)16-8-7-15(12(2)3)11-17(16)13(4)5/h7-13,18,20H,6H2,1-5H3. The smallest absolute Gasteiger partial charge is 0.114 e. The van der Waals surface area contributed by atoms with E-state index in [1.54, 1.807) is 11.3 Å². The van der Waals surface area contributed by atoms with Crippen molar-refractivity contribution in [3.05, 3.63) is 56.8 Å². The maximum absolute atomic E-state index is 10.9. The number of hydrogen-bond donors (Lipinski definition) is 1. The maximum Gasteiger partial charge on any atom is 0.114 e. The van der Waals surface area contributed by atoms with E-state index in [1.807, 2.05) is 0 Å². The predicted molar refractivity (Wildman–Crippen MR) is 92.4 cm³/mol. The third-order valence-corrected chi connectivity index (χ3v) is 5.12. The molecule has 0 aliphatic heterocycles. The van der Waals surface area contributed by atoms with Crippen LogP contribution in [-0.4, -0.2) is 5.11 Å². The van der Waals surface area contributed by atoms with Gasteiger partial charge >= 0.3 is 0 Å². The van der Waals surface area contributed by atoms with Crippen molar-refractivity contribution in [1.29, 1.82) is 0 Å². The van der Waals surface area contributed by atoms with Crippen LogP contribution in [0.15, 0.2) is 29.6 Å². The van der Waals surface area contributed by atoms with Crippen LogP contribution in [0, 0.1) is 0 Å². The minimum Gasteiger partial charge on any atom is -0.383 e. The summed E-state index contributed by atoms with van der Waals surface area (Å²) in [7, 11) is 0. The molecule has 1 aromatic heterocycles. The molecule has 0 radical (unpaired) electrons. The van der Waals surface area contributed by atoms with Gasteiger partial charge in [-0.3, -0.25) is 0 Å². The third kappa shape index (κ3) is 3.38. The number of aliphatic hydroxyl groups is 1. The van der Waals surface area contributed by atoms with Crippen molar-refractivity contribution >= 4 is 11.3 Å². The summed E-state index contributed by atoms with van der Waals surface area (Å²) in [4.78, 5) is 1.09. The highest BCUT2D eigenvalue weighted by atomic mass is 32.1. The Hall–Kier alpha value is -1.12. The van der Waals surface area contributed by atoms with Crippen LogP contribution in [0.4, 0.5) is 0 Å². The van der Waals surface area contributed by atoms with Gasteiger partial charge in [0.2, 0.25) is 0 Å². The molecule has 2 rings (SSSR count). The van der Waals surface area contributed by atoms with Crippen LogP contribution in [0.3, 0.4) is 0 Å². The molecule has 0 saturated heterocycles. The van der Waals surface area contributed by atoms with Gasteiger partial charge in [0, 0.05) is 4.88 Å². The van der Waals surface area contributed by atoms with Gasteiger partial charge < -0.3 is 5.11 Å². The number of aryl methyl sites for hydroxylation is 1. The van der Waals surface area contributed by atoms with Crippen molar-refractivity contribution in [2.45, 2.75) is 59.0 Å². The fraction of sp³-hybridized carbons (Fsp3) is 0.474. The fourth-order valence-electron chi connectivity index (χ4n) is 2.72. The summed E-state index contributed by atoms with van der Waals surface area (Å²) < 4.78 is 0. The predicted octanol–water partition coefficient (Wildman–Crippen LogP) is 5.64. The molecule has 114 valence electrons. The van der Waals surface area contributed by atoms with Gasteiger partial charge in [-0.1, -0.05) is 52.8 Å². The highest BCUT2D eigenvalue weighted by Gasteiger charge is 2.20. The highest BCUT2D eigenvalue weighted by Crippen LogP contribution is 2.35. The summed E-state index contributed by atoms with van der Waals surface area (Å²) in [5, 5.41) is 12.9. The van der Waals surface area contributed by atoms with E-state index in [0.29, 0.717) is 11.8 Å². The first kappa shape index (κ1) is 16.3. The van der Waals surface area contributed by atoms with Gasteiger partial charge in [0.05, 0.1) is 0 Å². The summed E-state index contributed by atoms with van der Waals surface area (Å²) in [6.45, 7) is 11.0. The molecule has 0 bridgehead atoms. The van der Waals surface area contributed by atoms with Gasteiger partial charge in [-0.25, -0.2) is 0 Å². The zero-order chi connectivity index (χ0) is 15.6. The van der Waals surface area contributed by atoms with Crippen molar-refractivity contribution in [3.63, 3.8) is 0 Å². The van der Waals surface area contributed by atoms with Gasteiger partial charge in [-0.15, -0.1) is 11.3 Å². The monoisotopic (exact) mass is 302 g/mol. The van der Waals surface area contributed by atoms with Gasteiger partial charge in [0.25, 0.3) is 0 Å². The van der Waals surface area contributed by atoms with E-state index in [-0.39, 0.29) is 0 Å². The Labute approximate surface area is 132 Å². The quantitative estimate of drug-likeness (QED) is 0.758. The SMILES string of the molecule is CCc1ccsc1C(O)c1ccc(C(C)C)cc1C(C)C. The molecule has 2 heteroatoms. The highest BCUT2D eigenvalue weighted by molar-refractivity contribution is 7.10. The largest absolute Gasteiger partial charge is 0.383 e. The molecule has 21 heavy (non-hydrogen) atoms. The van der Waals surface area contributed by atoms with Crippen LogP contribution in [0.2, 0.25) is 0 Å². The van der Waals surface area contributed by atoms with Crippen molar-refractivity contribution in [2.75, 3.05) is 0 Å². The lowest BCUT2D eigenvalue weighted by Gasteiger charge is -2.20. The Morgan fingerprint density at radius 1 is 1.00 bits per heavy atom. The molecular formula is C19H26OS. The summed E-state index contributed by atoms with van der Waals surface area (Å²) in [5.41, 5.74) is 4.93. The number of thiophene rings is 1. The lowest BCUT2D eigenvalue weighted by atomic mass is 9.88. The molecule has 0 aliphatic rings. The molecule has 0 saturated carbocycles. The van der Waals surface area contributed by atoms with Crippen molar-refractivity contribution in [1.82, 2.24) is 0 Å². The van der Waals surface area contributed by atoms with Gasteiger partial charge in [0.1, 0.15) is 6.10 Å². The van der Waals surface area contributed by atoms with Crippen LogP contribution < -0.4 is 0 Å². The third-order valence-electron chi connectivity index (χ3n) is 4.10. The lowest BCUT2D eigenvalue weighted by molar-refractivity contribution is 0.221. The normalized spacial score (nSPS) is 13.1. The number of benzene rings is 1. The number of aliphatic hydroxyl groups excluding tert-OH is 1. The van der Waals surface area contributed by atoms with Crippen LogP contribution in [-0.2, 0) is 6.42 Å². The second-order valence-corrected chi connectivity index (χ2v) is 7.21. The summed E-state index contributed by atoms with van der Waals surface area (Å²) in [6.07, 6.45) is 0.468. The van der Waals surface area contributed by atoms with Gasteiger partial charge in [-0.05, 0) is 52.0 Å². The van der Waals surface area contributed by atoms with Crippen molar-refractivity contribution < 1.29 is 5.11 Å². The zero-order valence-corrected chi connectivity index (χ0v) is 14.5. The second-order valence-electron chi connectivity index (χ2n) is 6.26. The van der Waals surface area contributed by atoms with E-state index < -0.39 is 6.10 Å². The Kier molecular flexibility index (Phi) is 5.23. The van der Waals surface area contributed by atoms with Crippen LogP contribution >= 0.6 is 11.3 Å². The van der Waals surface area contributed by atoms with E-state index >= 15 is 0 Å². The molecular weight excluding hydrogens is 276 g/mol. The number of rotatable bonds is 5. The van der Waals surface area contributed by atoms with Crippen LogP contribution in [0.25, 0.3) is 0 Å². The van der Waals surface area contributed by atoms with Crippen molar-refractivity contribution in [2.24, 2.45) is 0 Å². The molecule has 1 atom stereocenters. The molecule has 1 unspecified atom stereocenters. The molecule has 1 nitrogen and oxygen atoms in total. The first-order valence-electron chi connectivity index (χ1n) is 7.83. The summed E-state index contributed by atoms with van der Waals surface area (Å²) >= 11 is 1.66. The topological polar surface area (TPSA) is 20.2 Å². The van der Waals surface area contributed by atoms with E-state index in [0.717, 1.165) is 16.9 Å². The van der Waals surface area contributed by atoms with E-state index in [4.69, 9.17) is 0 Å². The van der Waals surface area contributed by atoms with Gasteiger partial charge in [-0.2, -0.15) is 0 Å². The Morgan fingerprint density at radius 2 is 1.71 bits per heavy atom. The average molecular weight is 302 g/mol. The van der Waals surface area contributed by atoms with E-state index in [9.17, 15) is 5.11 Å².